The van der Waals surface area contributed by atoms with Crippen molar-refractivity contribution in [2.75, 3.05) is 13.4 Å². The van der Waals surface area contributed by atoms with Crippen molar-refractivity contribution in [3.63, 3.8) is 0 Å². The summed E-state index contributed by atoms with van der Waals surface area (Å²) < 4.78 is 31.8. The minimum atomic E-state index is -3.58. The van der Waals surface area contributed by atoms with Crippen LogP contribution in [0.5, 0.6) is 5.75 Å². The molecule has 21 heavy (non-hydrogen) atoms. The molecule has 1 aromatic carbocycles. The molecule has 0 heterocycles. The van der Waals surface area contributed by atoms with Crippen molar-refractivity contribution < 1.29 is 22.1 Å². The molecule has 1 rings (SSSR count). The molecular weight excluding hydrogens is 293 g/mol. The number of nitrogens with one attached hydrogen (secondary N) is 1. The fourth-order valence-electron chi connectivity index (χ4n) is 2.06. The van der Waals surface area contributed by atoms with Gasteiger partial charge in [-0.1, -0.05) is 0 Å². The number of methoxy groups -OCH3 is 1. The standard InChI is InChI=1S/C13H18BNO5S/c1-8-5-10(20-21(4,17)18)6-9(2)11(8)7-12(15-14)13(16)19-3/h5-6,12,15H,7H2,1-4H3/t12-/m0/s1. The van der Waals surface area contributed by atoms with Gasteiger partial charge in [-0.05, 0) is 49.1 Å². The summed E-state index contributed by atoms with van der Waals surface area (Å²) in [7, 11) is 3.07. The summed E-state index contributed by atoms with van der Waals surface area (Å²) in [5.74, 6) is -0.223. The van der Waals surface area contributed by atoms with Gasteiger partial charge in [-0.25, -0.2) is 0 Å². The van der Waals surface area contributed by atoms with Crippen LogP contribution in [0.3, 0.4) is 0 Å². The molecule has 0 spiro atoms. The molecule has 0 bridgehead atoms. The maximum atomic E-state index is 11.6. The zero-order valence-electron chi connectivity index (χ0n) is 12.5. The molecule has 0 saturated heterocycles. The van der Waals surface area contributed by atoms with E-state index in [1.54, 1.807) is 12.1 Å². The highest BCUT2D eigenvalue weighted by Gasteiger charge is 2.20. The molecule has 0 amide bonds. The number of ether oxygens (including phenoxy) is 1. The first-order valence-corrected chi connectivity index (χ1v) is 8.03. The van der Waals surface area contributed by atoms with E-state index in [1.807, 2.05) is 13.8 Å². The Morgan fingerprint density at radius 2 is 1.86 bits per heavy atom. The van der Waals surface area contributed by atoms with Crippen LogP contribution in [-0.2, 0) is 26.1 Å². The van der Waals surface area contributed by atoms with Crippen LogP contribution >= 0.6 is 0 Å². The highest BCUT2D eigenvalue weighted by Crippen LogP contribution is 2.24. The van der Waals surface area contributed by atoms with E-state index in [4.69, 9.17) is 12.2 Å². The second-order valence-electron chi connectivity index (χ2n) is 4.77. The maximum Gasteiger partial charge on any atom is 0.322 e. The zero-order chi connectivity index (χ0) is 16.2. The molecule has 6 nitrogen and oxygen atoms in total. The molecule has 0 aliphatic rings. The van der Waals surface area contributed by atoms with Crippen molar-refractivity contribution in [1.29, 1.82) is 0 Å². The lowest BCUT2D eigenvalue weighted by molar-refractivity contribution is -0.142. The molecular formula is C13H18BNO5S. The summed E-state index contributed by atoms with van der Waals surface area (Å²) in [5, 5.41) is 2.41. The van der Waals surface area contributed by atoms with Crippen LogP contribution in [0, 0.1) is 13.8 Å². The van der Waals surface area contributed by atoms with Gasteiger partial charge in [0.05, 0.1) is 19.4 Å². The summed E-state index contributed by atoms with van der Waals surface area (Å²) in [5.41, 5.74) is 2.49. The summed E-state index contributed by atoms with van der Waals surface area (Å²) in [6, 6.07) is 2.54. The number of hydrogen-bond donors (Lipinski definition) is 1. The average molecular weight is 311 g/mol. The van der Waals surface area contributed by atoms with E-state index in [0.717, 1.165) is 22.9 Å². The number of hydrogen-bond acceptors (Lipinski definition) is 6. The predicted octanol–water partition coefficient (Wildman–Crippen LogP) is 0.399. The van der Waals surface area contributed by atoms with Crippen LogP contribution in [0.1, 0.15) is 16.7 Å². The van der Waals surface area contributed by atoms with Gasteiger partial charge in [-0.15, -0.1) is 0 Å². The Labute approximate surface area is 126 Å². The molecule has 0 unspecified atom stereocenters. The molecule has 8 heteroatoms. The second-order valence-corrected chi connectivity index (χ2v) is 6.34. The lowest BCUT2D eigenvalue weighted by Crippen LogP contribution is -2.38. The molecule has 0 aromatic heterocycles. The molecule has 1 atom stereocenters. The van der Waals surface area contributed by atoms with Crippen LogP contribution in [0.25, 0.3) is 0 Å². The quantitative estimate of drug-likeness (QED) is 0.465. The Morgan fingerprint density at radius 3 is 2.24 bits per heavy atom. The maximum absolute atomic E-state index is 11.6. The number of aryl methyl sites for hydroxylation is 2. The highest BCUT2D eigenvalue weighted by molar-refractivity contribution is 7.86. The van der Waals surface area contributed by atoms with Crippen LogP contribution in [-0.4, -0.2) is 41.8 Å². The summed E-state index contributed by atoms with van der Waals surface area (Å²) in [6.07, 6.45) is 1.32. The van der Waals surface area contributed by atoms with Crippen molar-refractivity contribution in [2.45, 2.75) is 26.3 Å². The Balaban J connectivity index is 3.07. The van der Waals surface area contributed by atoms with Gasteiger partial charge in [0.25, 0.3) is 0 Å². The van der Waals surface area contributed by atoms with Crippen molar-refractivity contribution in [3.05, 3.63) is 28.8 Å². The number of benzene rings is 1. The molecule has 0 aliphatic heterocycles. The van der Waals surface area contributed by atoms with Gasteiger partial charge in [0, 0.05) is 0 Å². The van der Waals surface area contributed by atoms with Gasteiger partial charge in [0.2, 0.25) is 0 Å². The van der Waals surface area contributed by atoms with Gasteiger partial charge < -0.3 is 14.1 Å². The molecule has 0 aliphatic carbocycles. The number of rotatable bonds is 6. The Bertz CT molecular complexity index is 606. The van der Waals surface area contributed by atoms with E-state index in [9.17, 15) is 13.2 Å². The molecule has 0 fully saturated rings. The molecule has 114 valence electrons. The summed E-state index contributed by atoms with van der Waals surface area (Å²) in [6.45, 7) is 3.62. The third kappa shape index (κ3) is 5.06. The largest absolute Gasteiger partial charge is 0.468 e. The Morgan fingerprint density at radius 1 is 1.33 bits per heavy atom. The fourth-order valence-corrected chi connectivity index (χ4v) is 2.50. The van der Waals surface area contributed by atoms with E-state index < -0.39 is 22.1 Å². The van der Waals surface area contributed by atoms with Crippen molar-refractivity contribution in [2.24, 2.45) is 0 Å². The van der Waals surface area contributed by atoms with Crippen molar-refractivity contribution >= 4 is 24.1 Å². The van der Waals surface area contributed by atoms with Crippen LogP contribution in [0.15, 0.2) is 12.1 Å². The third-order valence-corrected chi connectivity index (χ3v) is 3.51. The molecule has 1 N–H and O–H groups in total. The topological polar surface area (TPSA) is 81.7 Å². The number of carbonyl (C=O) groups excluding carboxylic acids is 1. The smallest absolute Gasteiger partial charge is 0.322 e. The monoisotopic (exact) mass is 311 g/mol. The van der Waals surface area contributed by atoms with Gasteiger partial charge in [0.15, 0.2) is 7.98 Å². The van der Waals surface area contributed by atoms with E-state index >= 15 is 0 Å². The molecule has 2 radical (unpaired) electrons. The average Bonchev–Trinajstić information content (AvgIpc) is 2.35. The van der Waals surface area contributed by atoms with Gasteiger partial charge in [-0.3, -0.25) is 4.79 Å². The molecule has 1 aromatic rings. The van der Waals surface area contributed by atoms with E-state index in [-0.39, 0.29) is 5.75 Å². The normalized spacial score (nSPS) is 12.8. The SMILES string of the molecule is [B]N[C@@H](Cc1c(C)cc(OS(C)(=O)=O)cc1C)C(=O)OC. The van der Waals surface area contributed by atoms with Crippen LogP contribution in [0.4, 0.5) is 0 Å². The van der Waals surface area contributed by atoms with Gasteiger partial charge >= 0.3 is 16.1 Å². The first-order valence-electron chi connectivity index (χ1n) is 6.21. The minimum Gasteiger partial charge on any atom is -0.468 e. The third-order valence-electron chi connectivity index (χ3n) is 3.01. The summed E-state index contributed by atoms with van der Waals surface area (Å²) in [4.78, 5) is 11.6. The van der Waals surface area contributed by atoms with Gasteiger partial charge in [-0.2, -0.15) is 8.42 Å². The van der Waals surface area contributed by atoms with E-state index in [0.29, 0.717) is 6.42 Å². The number of esters is 1. The minimum absolute atomic E-state index is 0.242. The number of carbonyl (C=O) groups is 1. The Hall–Kier alpha value is -1.54. The van der Waals surface area contributed by atoms with E-state index in [1.165, 1.54) is 7.11 Å². The highest BCUT2D eigenvalue weighted by atomic mass is 32.2. The lowest BCUT2D eigenvalue weighted by atomic mass is 9.95. The lowest BCUT2D eigenvalue weighted by Gasteiger charge is -2.18. The zero-order valence-corrected chi connectivity index (χ0v) is 13.3. The first-order chi connectivity index (χ1) is 9.67. The van der Waals surface area contributed by atoms with E-state index in [2.05, 4.69) is 9.96 Å². The van der Waals surface area contributed by atoms with Crippen molar-refractivity contribution in [3.8, 4) is 5.75 Å². The second kappa shape index (κ2) is 6.95. The Kier molecular flexibility index (Phi) is 5.80. The van der Waals surface area contributed by atoms with Crippen LogP contribution < -0.4 is 9.41 Å². The van der Waals surface area contributed by atoms with Gasteiger partial charge in [0.1, 0.15) is 5.75 Å². The van der Waals surface area contributed by atoms with Crippen LogP contribution in [0.2, 0.25) is 0 Å². The van der Waals surface area contributed by atoms with Crippen molar-refractivity contribution in [1.82, 2.24) is 5.23 Å². The first kappa shape index (κ1) is 17.5. The molecule has 0 saturated carbocycles. The summed E-state index contributed by atoms with van der Waals surface area (Å²) >= 11 is 0. The fraction of sp³-hybridized carbons (Fsp3) is 0.462. The predicted molar refractivity (Wildman–Crippen MR) is 79.8 cm³/mol.